The molecular formula is C24H33N5O3. The molecule has 3 aromatic rings. The van der Waals surface area contributed by atoms with E-state index < -0.39 is 0 Å². The van der Waals surface area contributed by atoms with Crippen molar-refractivity contribution < 1.29 is 14.2 Å². The summed E-state index contributed by atoms with van der Waals surface area (Å²) in [6.45, 7) is 9.37. The van der Waals surface area contributed by atoms with Gasteiger partial charge < -0.3 is 19.1 Å². The topological polar surface area (TPSA) is 74.5 Å². The van der Waals surface area contributed by atoms with E-state index in [1.807, 2.05) is 38.2 Å². The van der Waals surface area contributed by atoms with Gasteiger partial charge in [-0.05, 0) is 19.1 Å². The molecule has 1 aliphatic rings. The second-order valence-corrected chi connectivity index (χ2v) is 7.24. The number of aromatic nitrogens is 4. The Kier molecular flexibility index (Phi) is 8.72. The molecule has 0 spiro atoms. The van der Waals surface area contributed by atoms with Crippen molar-refractivity contribution >= 4 is 5.82 Å². The first-order chi connectivity index (χ1) is 15.7. The van der Waals surface area contributed by atoms with Gasteiger partial charge in [0.1, 0.15) is 11.9 Å². The lowest BCUT2D eigenvalue weighted by molar-refractivity contribution is 0.0221. The fraction of sp³-hybridized carbons (Fsp3) is 0.458. The number of ether oxygens (including phenoxy) is 3. The number of morpholine rings is 1. The van der Waals surface area contributed by atoms with E-state index in [0.717, 1.165) is 30.2 Å². The first kappa shape index (κ1) is 23.8. The SMILES string of the molecule is CC.COCC(OC)c1nc(N2CCOCC2)cc(-n2ccc(-c3cccc(C)c3)n2)n1. The highest BCUT2D eigenvalue weighted by Crippen LogP contribution is 2.23. The molecule has 8 heteroatoms. The predicted molar refractivity (Wildman–Crippen MR) is 125 cm³/mol. The van der Waals surface area contributed by atoms with E-state index in [-0.39, 0.29) is 6.10 Å². The second-order valence-electron chi connectivity index (χ2n) is 7.24. The van der Waals surface area contributed by atoms with Gasteiger partial charge in [-0.15, -0.1) is 0 Å². The summed E-state index contributed by atoms with van der Waals surface area (Å²) in [7, 11) is 3.28. The van der Waals surface area contributed by atoms with Crippen molar-refractivity contribution in [2.45, 2.75) is 26.9 Å². The van der Waals surface area contributed by atoms with Crippen molar-refractivity contribution in [3.05, 3.63) is 54.0 Å². The van der Waals surface area contributed by atoms with Gasteiger partial charge in [0.25, 0.3) is 0 Å². The molecule has 1 aromatic carbocycles. The molecule has 0 bridgehead atoms. The third-order valence-corrected chi connectivity index (χ3v) is 5.08. The molecule has 0 amide bonds. The van der Waals surface area contributed by atoms with Gasteiger partial charge in [-0.25, -0.2) is 14.6 Å². The number of hydrogen-bond donors (Lipinski definition) is 0. The highest BCUT2D eigenvalue weighted by Gasteiger charge is 2.21. The summed E-state index contributed by atoms with van der Waals surface area (Å²) in [5, 5.41) is 4.76. The van der Waals surface area contributed by atoms with E-state index in [1.165, 1.54) is 5.56 Å². The summed E-state index contributed by atoms with van der Waals surface area (Å²) in [6.07, 6.45) is 1.56. The Morgan fingerprint density at radius 2 is 1.78 bits per heavy atom. The number of rotatable bonds is 7. The van der Waals surface area contributed by atoms with Gasteiger partial charge in [0.2, 0.25) is 0 Å². The van der Waals surface area contributed by atoms with E-state index in [1.54, 1.807) is 18.9 Å². The van der Waals surface area contributed by atoms with Crippen molar-refractivity contribution in [1.82, 2.24) is 19.7 Å². The second kappa shape index (κ2) is 11.7. The van der Waals surface area contributed by atoms with Gasteiger partial charge in [0.15, 0.2) is 11.6 Å². The van der Waals surface area contributed by atoms with Crippen molar-refractivity contribution in [2.75, 3.05) is 52.0 Å². The highest BCUT2D eigenvalue weighted by molar-refractivity contribution is 5.60. The van der Waals surface area contributed by atoms with Crippen molar-refractivity contribution in [3.63, 3.8) is 0 Å². The molecule has 3 heterocycles. The number of methoxy groups -OCH3 is 2. The van der Waals surface area contributed by atoms with Crippen LogP contribution in [0.25, 0.3) is 17.1 Å². The lowest BCUT2D eigenvalue weighted by Crippen LogP contribution is -2.37. The molecule has 1 fully saturated rings. The Labute approximate surface area is 190 Å². The first-order valence-electron chi connectivity index (χ1n) is 11.0. The normalized spacial score (nSPS) is 14.6. The summed E-state index contributed by atoms with van der Waals surface area (Å²) in [5.41, 5.74) is 3.17. The fourth-order valence-electron chi connectivity index (χ4n) is 3.46. The minimum absolute atomic E-state index is 0.360. The van der Waals surface area contributed by atoms with Gasteiger partial charge in [-0.2, -0.15) is 5.10 Å². The van der Waals surface area contributed by atoms with Gasteiger partial charge in [-0.1, -0.05) is 37.6 Å². The average molecular weight is 440 g/mol. The summed E-state index contributed by atoms with van der Waals surface area (Å²) in [4.78, 5) is 11.7. The Morgan fingerprint density at radius 3 is 2.47 bits per heavy atom. The Hall–Kier alpha value is -2.81. The Bertz CT molecular complexity index is 962. The number of benzene rings is 1. The van der Waals surface area contributed by atoms with Crippen LogP contribution in [-0.4, -0.2) is 66.9 Å². The van der Waals surface area contributed by atoms with Gasteiger partial charge >= 0.3 is 0 Å². The number of aryl methyl sites for hydroxylation is 1. The van der Waals surface area contributed by atoms with E-state index >= 15 is 0 Å². The minimum Gasteiger partial charge on any atom is -0.381 e. The maximum Gasteiger partial charge on any atom is 0.164 e. The summed E-state index contributed by atoms with van der Waals surface area (Å²) in [6, 6.07) is 12.2. The van der Waals surface area contributed by atoms with Crippen LogP contribution in [0.1, 0.15) is 31.3 Å². The fourth-order valence-corrected chi connectivity index (χ4v) is 3.46. The van der Waals surface area contributed by atoms with Gasteiger partial charge in [0.05, 0.1) is 25.5 Å². The van der Waals surface area contributed by atoms with Crippen molar-refractivity contribution in [2.24, 2.45) is 0 Å². The first-order valence-corrected chi connectivity index (χ1v) is 11.0. The van der Waals surface area contributed by atoms with E-state index in [4.69, 9.17) is 29.3 Å². The van der Waals surface area contributed by atoms with Crippen LogP contribution in [0.4, 0.5) is 5.82 Å². The molecule has 0 radical (unpaired) electrons. The van der Waals surface area contributed by atoms with E-state index in [0.29, 0.717) is 31.5 Å². The van der Waals surface area contributed by atoms with Crippen LogP contribution in [-0.2, 0) is 14.2 Å². The average Bonchev–Trinajstić information content (AvgIpc) is 3.35. The summed E-state index contributed by atoms with van der Waals surface area (Å²) in [5.74, 6) is 2.11. The molecule has 1 saturated heterocycles. The smallest absolute Gasteiger partial charge is 0.164 e. The number of hydrogen-bond acceptors (Lipinski definition) is 7. The largest absolute Gasteiger partial charge is 0.381 e. The van der Waals surface area contributed by atoms with Crippen molar-refractivity contribution in [1.29, 1.82) is 0 Å². The molecule has 4 rings (SSSR count). The molecule has 0 N–H and O–H groups in total. The molecular weight excluding hydrogens is 406 g/mol. The zero-order valence-corrected chi connectivity index (χ0v) is 19.6. The molecule has 0 saturated carbocycles. The van der Waals surface area contributed by atoms with Crippen LogP contribution in [0.2, 0.25) is 0 Å². The van der Waals surface area contributed by atoms with Crippen molar-refractivity contribution in [3.8, 4) is 17.1 Å². The molecule has 1 unspecified atom stereocenters. The monoisotopic (exact) mass is 439 g/mol. The summed E-state index contributed by atoms with van der Waals surface area (Å²) < 4.78 is 18.1. The van der Waals surface area contributed by atoms with E-state index in [9.17, 15) is 0 Å². The molecule has 0 aliphatic carbocycles. The standard InChI is InChI=1S/C22H27N5O3.C2H6/c1-16-5-4-6-17(13-16)18-7-8-27(25-18)21-14-20(26-9-11-30-12-10-26)23-22(24-21)19(29-3)15-28-2;1-2/h4-8,13-14,19H,9-12,15H2,1-3H3;1-2H3. The molecule has 32 heavy (non-hydrogen) atoms. The van der Waals surface area contributed by atoms with Gasteiger partial charge in [0, 0.05) is 45.1 Å². The third-order valence-electron chi connectivity index (χ3n) is 5.08. The quantitative estimate of drug-likeness (QED) is 0.554. The maximum absolute atomic E-state index is 5.57. The van der Waals surface area contributed by atoms with Crippen LogP contribution in [0.3, 0.4) is 0 Å². The zero-order valence-electron chi connectivity index (χ0n) is 19.6. The number of anilines is 1. The summed E-state index contributed by atoms with van der Waals surface area (Å²) >= 11 is 0. The number of nitrogens with zero attached hydrogens (tertiary/aromatic N) is 5. The predicted octanol–water partition coefficient (Wildman–Crippen LogP) is 3.83. The molecule has 172 valence electrons. The van der Waals surface area contributed by atoms with Crippen LogP contribution < -0.4 is 4.90 Å². The highest BCUT2D eigenvalue weighted by atomic mass is 16.5. The Morgan fingerprint density at radius 1 is 1.03 bits per heavy atom. The van der Waals surface area contributed by atoms with Crippen LogP contribution in [0.15, 0.2) is 42.6 Å². The zero-order chi connectivity index (χ0) is 22.9. The van der Waals surface area contributed by atoms with Gasteiger partial charge in [-0.3, -0.25) is 0 Å². The third kappa shape index (κ3) is 5.70. The molecule has 1 aliphatic heterocycles. The molecule has 8 nitrogen and oxygen atoms in total. The minimum atomic E-state index is -0.360. The lowest BCUT2D eigenvalue weighted by Gasteiger charge is -2.28. The van der Waals surface area contributed by atoms with Crippen LogP contribution in [0.5, 0.6) is 0 Å². The lowest BCUT2D eigenvalue weighted by atomic mass is 10.1. The molecule has 2 aromatic heterocycles. The van der Waals surface area contributed by atoms with Crippen LogP contribution >= 0.6 is 0 Å². The van der Waals surface area contributed by atoms with E-state index in [2.05, 4.69) is 30.0 Å². The maximum atomic E-state index is 5.57. The molecule has 1 atom stereocenters. The van der Waals surface area contributed by atoms with Crippen LogP contribution in [0, 0.1) is 6.92 Å². The Balaban J connectivity index is 0.00000141.